The summed E-state index contributed by atoms with van der Waals surface area (Å²) in [6, 6.07) is 3.71. The Morgan fingerprint density at radius 1 is 1.26 bits per heavy atom. The van der Waals surface area contributed by atoms with Gasteiger partial charge in [-0.25, -0.2) is 14.6 Å². The van der Waals surface area contributed by atoms with Gasteiger partial charge in [-0.15, -0.1) is 0 Å². The molecule has 0 atom stereocenters. The molecule has 0 bridgehead atoms. The van der Waals surface area contributed by atoms with E-state index in [0.717, 1.165) is 17.3 Å². The van der Waals surface area contributed by atoms with Crippen molar-refractivity contribution < 1.29 is 17.9 Å². The molecule has 2 aromatic heterocycles. The fourth-order valence-electron chi connectivity index (χ4n) is 3.19. The van der Waals surface area contributed by atoms with E-state index in [9.17, 15) is 13.2 Å². The number of rotatable bonds is 9. The Labute approximate surface area is 196 Å². The fourth-order valence-corrected chi connectivity index (χ4v) is 3.19. The number of nitrogens with zero attached hydrogens (tertiary/aromatic N) is 5. The average molecular weight is 473 g/mol. The van der Waals surface area contributed by atoms with Crippen molar-refractivity contribution in [3.05, 3.63) is 59.8 Å². The molecule has 0 radical (unpaired) electrons. The van der Waals surface area contributed by atoms with E-state index in [-0.39, 0.29) is 6.54 Å². The number of hydrogen-bond acceptors (Lipinski definition) is 6. The number of unbranched alkanes of at least 4 members (excludes halogenated alkanes) is 1. The lowest BCUT2D eigenvalue weighted by Crippen LogP contribution is -2.12. The molecule has 0 aliphatic carbocycles. The summed E-state index contributed by atoms with van der Waals surface area (Å²) in [5, 5.41) is 8.22. The summed E-state index contributed by atoms with van der Waals surface area (Å²) in [7, 11) is 1.56. The summed E-state index contributed by atoms with van der Waals surface area (Å²) >= 11 is 0. The van der Waals surface area contributed by atoms with Crippen molar-refractivity contribution in [2.45, 2.75) is 39.8 Å². The van der Waals surface area contributed by atoms with Crippen LogP contribution in [0.15, 0.2) is 59.3 Å². The number of hydrogen-bond donors (Lipinski definition) is 1. The molecule has 10 heteroatoms. The molecule has 0 amide bonds. The number of benzene rings is 1. The van der Waals surface area contributed by atoms with E-state index in [0.29, 0.717) is 40.9 Å². The predicted octanol–water partition coefficient (Wildman–Crippen LogP) is 5.81. The molecule has 180 valence electrons. The maximum absolute atomic E-state index is 13.2. The zero-order valence-corrected chi connectivity index (χ0v) is 19.5. The van der Waals surface area contributed by atoms with Gasteiger partial charge in [0.05, 0.1) is 19.0 Å². The Bertz CT molecular complexity index is 1230. The zero-order chi connectivity index (χ0) is 24.7. The third-order valence-corrected chi connectivity index (χ3v) is 5.00. The Hall–Kier alpha value is -3.69. The van der Waals surface area contributed by atoms with Gasteiger partial charge in [0.2, 0.25) is 0 Å². The van der Waals surface area contributed by atoms with E-state index >= 15 is 0 Å². The fraction of sp³-hybridized carbons (Fsp3) is 0.333. The van der Waals surface area contributed by atoms with Gasteiger partial charge in [-0.1, -0.05) is 25.5 Å². The molecule has 3 aromatic rings. The minimum absolute atomic E-state index is 0.221. The minimum atomic E-state index is -4.50. The molecule has 2 heterocycles. The molecular weight excluding hydrogens is 445 g/mol. The van der Waals surface area contributed by atoms with Crippen molar-refractivity contribution in [2.75, 3.05) is 19.0 Å². The Kier molecular flexibility index (Phi) is 8.04. The second kappa shape index (κ2) is 11.0. The normalized spacial score (nSPS) is 13.1. The minimum Gasteiger partial charge on any atom is -0.494 e. The van der Waals surface area contributed by atoms with E-state index in [2.05, 4.69) is 25.4 Å². The number of anilines is 1. The third-order valence-electron chi connectivity index (χ3n) is 5.00. The first-order chi connectivity index (χ1) is 16.3. The standard InChI is InChI=1S/C24H27F3N6O/c1-5-7-8-21(24(25,26)27)28-12-17(6-2)13-29-23-19-9-18(33-14-16(3)11-32-33)10-20(34-4)22(19)30-15-31-23/h6,8-12,14-15H,5,7,13H2,1-4H3,(H,29,30,31)/b17-6+,21-8+,28-12-. The van der Waals surface area contributed by atoms with Gasteiger partial charge in [0.25, 0.3) is 0 Å². The lowest BCUT2D eigenvalue weighted by molar-refractivity contribution is -0.0925. The lowest BCUT2D eigenvalue weighted by atomic mass is 10.2. The van der Waals surface area contributed by atoms with Crippen LogP contribution < -0.4 is 10.1 Å². The Morgan fingerprint density at radius 3 is 2.68 bits per heavy atom. The van der Waals surface area contributed by atoms with Crippen LogP contribution in [0, 0.1) is 6.92 Å². The van der Waals surface area contributed by atoms with Crippen molar-refractivity contribution >= 4 is 22.9 Å². The highest BCUT2D eigenvalue weighted by Crippen LogP contribution is 2.31. The SMILES string of the molecule is C\C=C(/C=N\C(=C\CCC)C(F)(F)F)CNc1ncnc2c(OC)cc(-n3cc(C)cn3)cc12. The summed E-state index contributed by atoms with van der Waals surface area (Å²) in [4.78, 5) is 12.4. The maximum atomic E-state index is 13.2. The number of halogens is 3. The van der Waals surface area contributed by atoms with E-state index < -0.39 is 11.9 Å². The average Bonchev–Trinajstić information content (AvgIpc) is 3.25. The largest absolute Gasteiger partial charge is 0.494 e. The predicted molar refractivity (Wildman–Crippen MR) is 128 cm³/mol. The Morgan fingerprint density at radius 2 is 2.06 bits per heavy atom. The van der Waals surface area contributed by atoms with Crippen LogP contribution in [0.2, 0.25) is 0 Å². The highest BCUT2D eigenvalue weighted by Gasteiger charge is 2.33. The molecule has 0 aliphatic heterocycles. The lowest BCUT2D eigenvalue weighted by Gasteiger charge is -2.13. The van der Waals surface area contributed by atoms with Gasteiger partial charge in [-0.2, -0.15) is 18.3 Å². The first kappa shape index (κ1) is 24.9. The van der Waals surface area contributed by atoms with E-state index in [4.69, 9.17) is 4.74 Å². The first-order valence-electron chi connectivity index (χ1n) is 10.8. The van der Waals surface area contributed by atoms with Crippen LogP contribution in [0.5, 0.6) is 5.75 Å². The molecule has 0 fully saturated rings. The number of alkyl halides is 3. The van der Waals surface area contributed by atoms with Crippen molar-refractivity contribution in [3.8, 4) is 11.4 Å². The number of allylic oxidation sites excluding steroid dienone is 3. The van der Waals surface area contributed by atoms with Gasteiger partial charge >= 0.3 is 6.18 Å². The highest BCUT2D eigenvalue weighted by atomic mass is 19.4. The van der Waals surface area contributed by atoms with Crippen LogP contribution in [0.1, 0.15) is 32.3 Å². The van der Waals surface area contributed by atoms with E-state index in [1.54, 1.807) is 31.0 Å². The molecule has 1 N–H and O–H groups in total. The summed E-state index contributed by atoms with van der Waals surface area (Å²) in [5.41, 5.74) is 2.04. The van der Waals surface area contributed by atoms with Gasteiger partial charge < -0.3 is 10.1 Å². The number of methoxy groups -OCH3 is 1. The number of aromatic nitrogens is 4. The van der Waals surface area contributed by atoms with E-state index in [1.165, 1.54) is 12.5 Å². The van der Waals surface area contributed by atoms with Gasteiger partial charge in [0, 0.05) is 30.4 Å². The smallest absolute Gasteiger partial charge is 0.433 e. The van der Waals surface area contributed by atoms with Crippen LogP contribution in [-0.2, 0) is 0 Å². The van der Waals surface area contributed by atoms with Crippen LogP contribution >= 0.6 is 0 Å². The monoisotopic (exact) mass is 472 g/mol. The molecule has 0 spiro atoms. The van der Waals surface area contributed by atoms with Gasteiger partial charge in [0.1, 0.15) is 29.1 Å². The van der Waals surface area contributed by atoms with Crippen LogP contribution in [0.4, 0.5) is 19.0 Å². The molecule has 0 unspecified atom stereocenters. The summed E-state index contributed by atoms with van der Waals surface area (Å²) < 4.78 is 46.9. The molecule has 0 saturated carbocycles. The quantitative estimate of drug-likeness (QED) is 0.398. The third kappa shape index (κ3) is 6.00. The van der Waals surface area contributed by atoms with E-state index in [1.807, 2.05) is 32.2 Å². The van der Waals surface area contributed by atoms with Gasteiger partial charge in [0.15, 0.2) is 0 Å². The maximum Gasteiger partial charge on any atom is 0.433 e. The van der Waals surface area contributed by atoms with Crippen molar-refractivity contribution in [1.82, 2.24) is 19.7 Å². The van der Waals surface area contributed by atoms with Crippen LogP contribution in [0.25, 0.3) is 16.6 Å². The van der Waals surface area contributed by atoms with Crippen molar-refractivity contribution in [3.63, 3.8) is 0 Å². The molecular formula is C24H27F3N6O. The summed E-state index contributed by atoms with van der Waals surface area (Å²) in [6.07, 6.45) is 5.49. The van der Waals surface area contributed by atoms with Crippen molar-refractivity contribution in [1.29, 1.82) is 0 Å². The number of nitrogens with one attached hydrogen (secondary N) is 1. The van der Waals surface area contributed by atoms with Gasteiger partial charge in [-0.3, -0.25) is 4.99 Å². The van der Waals surface area contributed by atoms with Crippen molar-refractivity contribution in [2.24, 2.45) is 4.99 Å². The number of aryl methyl sites for hydroxylation is 1. The number of aliphatic imine (C=N–C) groups is 1. The molecule has 7 nitrogen and oxygen atoms in total. The molecule has 3 rings (SSSR count). The summed E-state index contributed by atoms with van der Waals surface area (Å²) in [5.74, 6) is 1.06. The second-order valence-electron chi connectivity index (χ2n) is 7.58. The molecule has 0 saturated heterocycles. The summed E-state index contributed by atoms with van der Waals surface area (Å²) in [6.45, 7) is 5.72. The first-order valence-corrected chi connectivity index (χ1v) is 10.8. The number of ether oxygens (including phenoxy) is 1. The zero-order valence-electron chi connectivity index (χ0n) is 19.5. The second-order valence-corrected chi connectivity index (χ2v) is 7.58. The Balaban J connectivity index is 1.89. The molecule has 34 heavy (non-hydrogen) atoms. The van der Waals surface area contributed by atoms with Crippen LogP contribution in [-0.4, -0.2) is 45.8 Å². The van der Waals surface area contributed by atoms with Gasteiger partial charge in [-0.05, 0) is 37.5 Å². The molecule has 0 aliphatic rings. The van der Waals surface area contributed by atoms with Crippen LogP contribution in [0.3, 0.4) is 0 Å². The number of fused-ring (bicyclic) bond motifs is 1. The topological polar surface area (TPSA) is 77.2 Å². The highest BCUT2D eigenvalue weighted by molar-refractivity contribution is 5.95. The molecule has 1 aromatic carbocycles.